The maximum atomic E-state index is 11.9. The van der Waals surface area contributed by atoms with Gasteiger partial charge < -0.3 is 10.2 Å². The van der Waals surface area contributed by atoms with E-state index in [0.29, 0.717) is 18.7 Å². The fourth-order valence-electron chi connectivity index (χ4n) is 2.31. The van der Waals surface area contributed by atoms with Crippen molar-refractivity contribution < 1.29 is 4.79 Å². The Kier molecular flexibility index (Phi) is 4.41. The SMILES string of the molecule is Cc1ccc(NC(C#N)=C(C#N)C#N)cc1N1CCCC1=O. The summed E-state index contributed by atoms with van der Waals surface area (Å²) < 4.78 is 0. The van der Waals surface area contributed by atoms with E-state index in [0.717, 1.165) is 17.7 Å². The first-order valence-electron chi connectivity index (χ1n) is 6.73. The van der Waals surface area contributed by atoms with Crippen LogP contribution >= 0.6 is 0 Å². The Hall–Kier alpha value is -3.30. The Morgan fingerprint density at radius 2 is 1.95 bits per heavy atom. The van der Waals surface area contributed by atoms with Gasteiger partial charge in [0.1, 0.15) is 23.9 Å². The zero-order chi connectivity index (χ0) is 16.1. The minimum Gasteiger partial charge on any atom is -0.345 e. The first-order valence-corrected chi connectivity index (χ1v) is 6.73. The van der Waals surface area contributed by atoms with Crippen molar-refractivity contribution >= 4 is 17.3 Å². The van der Waals surface area contributed by atoms with Crippen LogP contribution in [0.2, 0.25) is 0 Å². The standard InChI is InChI=1S/C16H13N5O/c1-11-4-5-13(20-14(10-19)12(8-17)9-18)7-15(11)21-6-2-3-16(21)22/h4-5,7,20H,2-3,6H2,1H3. The molecule has 22 heavy (non-hydrogen) atoms. The highest BCUT2D eigenvalue weighted by molar-refractivity contribution is 5.96. The van der Waals surface area contributed by atoms with Crippen LogP contribution < -0.4 is 10.2 Å². The van der Waals surface area contributed by atoms with Gasteiger partial charge in [0.15, 0.2) is 5.57 Å². The van der Waals surface area contributed by atoms with Crippen LogP contribution in [-0.4, -0.2) is 12.5 Å². The zero-order valence-corrected chi connectivity index (χ0v) is 12.1. The quantitative estimate of drug-likeness (QED) is 0.861. The molecule has 1 heterocycles. The fraction of sp³-hybridized carbons (Fsp3) is 0.250. The smallest absolute Gasteiger partial charge is 0.227 e. The number of amides is 1. The van der Waals surface area contributed by atoms with Crippen molar-refractivity contribution in [3.63, 3.8) is 0 Å². The minimum atomic E-state index is -0.276. The number of nitriles is 3. The lowest BCUT2D eigenvalue weighted by atomic mass is 10.1. The number of hydrogen-bond acceptors (Lipinski definition) is 5. The second kappa shape index (κ2) is 6.43. The molecular formula is C16H13N5O. The largest absolute Gasteiger partial charge is 0.345 e. The highest BCUT2D eigenvalue weighted by Crippen LogP contribution is 2.28. The van der Waals surface area contributed by atoms with Gasteiger partial charge in [-0.1, -0.05) is 6.07 Å². The molecule has 0 saturated carbocycles. The molecule has 0 radical (unpaired) electrons. The Labute approximate surface area is 128 Å². The Morgan fingerprint density at radius 1 is 1.23 bits per heavy atom. The average molecular weight is 291 g/mol. The molecule has 1 amide bonds. The van der Waals surface area contributed by atoms with Crippen LogP contribution in [0, 0.1) is 40.9 Å². The first-order chi connectivity index (χ1) is 10.6. The highest BCUT2D eigenvalue weighted by atomic mass is 16.2. The predicted octanol–water partition coefficient (Wildman–Crippen LogP) is 2.36. The van der Waals surface area contributed by atoms with E-state index in [1.807, 2.05) is 19.1 Å². The van der Waals surface area contributed by atoms with E-state index >= 15 is 0 Å². The molecule has 1 N–H and O–H groups in total. The van der Waals surface area contributed by atoms with Gasteiger partial charge in [-0.2, -0.15) is 15.8 Å². The maximum Gasteiger partial charge on any atom is 0.227 e. The maximum absolute atomic E-state index is 11.9. The van der Waals surface area contributed by atoms with Crippen LogP contribution in [0.25, 0.3) is 0 Å². The number of allylic oxidation sites excluding steroid dienone is 2. The summed E-state index contributed by atoms with van der Waals surface area (Å²) in [7, 11) is 0. The molecule has 1 aromatic carbocycles. The molecule has 6 nitrogen and oxygen atoms in total. The molecule has 1 aliphatic rings. The third kappa shape index (κ3) is 2.90. The monoisotopic (exact) mass is 291 g/mol. The highest BCUT2D eigenvalue weighted by Gasteiger charge is 2.23. The van der Waals surface area contributed by atoms with Crippen molar-refractivity contribution in [2.45, 2.75) is 19.8 Å². The molecule has 0 bridgehead atoms. The lowest BCUT2D eigenvalue weighted by Gasteiger charge is -2.19. The van der Waals surface area contributed by atoms with E-state index < -0.39 is 0 Å². The average Bonchev–Trinajstić information content (AvgIpc) is 2.95. The number of anilines is 2. The van der Waals surface area contributed by atoms with Crippen LogP contribution in [0.15, 0.2) is 29.5 Å². The number of carbonyl (C=O) groups excluding carboxylic acids is 1. The molecular weight excluding hydrogens is 278 g/mol. The summed E-state index contributed by atoms with van der Waals surface area (Å²) in [5.41, 5.74) is 1.90. The third-order valence-electron chi connectivity index (χ3n) is 3.43. The molecule has 108 valence electrons. The fourth-order valence-corrected chi connectivity index (χ4v) is 2.31. The third-order valence-corrected chi connectivity index (χ3v) is 3.43. The number of carbonyl (C=O) groups is 1. The summed E-state index contributed by atoms with van der Waals surface area (Å²) in [5.74, 6) is 0.0750. The van der Waals surface area contributed by atoms with Crippen LogP contribution in [0.4, 0.5) is 11.4 Å². The van der Waals surface area contributed by atoms with Gasteiger partial charge in [-0.15, -0.1) is 0 Å². The second-order valence-electron chi connectivity index (χ2n) is 4.86. The predicted molar refractivity (Wildman–Crippen MR) is 80.3 cm³/mol. The summed E-state index contributed by atoms with van der Waals surface area (Å²) in [5, 5.41) is 29.5. The summed E-state index contributed by atoms with van der Waals surface area (Å²) in [6.07, 6.45) is 1.36. The number of hydrogen-bond donors (Lipinski definition) is 1. The van der Waals surface area contributed by atoms with Crippen LogP contribution in [-0.2, 0) is 4.79 Å². The van der Waals surface area contributed by atoms with Crippen molar-refractivity contribution in [3.05, 3.63) is 35.0 Å². The Morgan fingerprint density at radius 3 is 2.50 bits per heavy atom. The van der Waals surface area contributed by atoms with Crippen molar-refractivity contribution in [2.75, 3.05) is 16.8 Å². The number of rotatable bonds is 3. The topological polar surface area (TPSA) is 104 Å². The molecule has 6 heteroatoms. The molecule has 0 unspecified atom stereocenters. The van der Waals surface area contributed by atoms with Gasteiger partial charge in [0.2, 0.25) is 5.91 Å². The van der Waals surface area contributed by atoms with Crippen LogP contribution in [0.3, 0.4) is 0 Å². The van der Waals surface area contributed by atoms with Crippen molar-refractivity contribution in [3.8, 4) is 18.2 Å². The molecule has 1 saturated heterocycles. The summed E-state index contributed by atoms with van der Waals surface area (Å²) in [6, 6.07) is 10.5. The van der Waals surface area contributed by atoms with Gasteiger partial charge in [0.25, 0.3) is 0 Å². The number of benzene rings is 1. The Bertz CT molecular complexity index is 757. The number of nitrogens with one attached hydrogen (secondary N) is 1. The van der Waals surface area contributed by atoms with E-state index in [1.54, 1.807) is 29.2 Å². The van der Waals surface area contributed by atoms with Crippen LogP contribution in [0.1, 0.15) is 18.4 Å². The molecule has 2 rings (SSSR count). The van der Waals surface area contributed by atoms with Gasteiger partial charge in [-0.3, -0.25) is 4.79 Å². The van der Waals surface area contributed by atoms with Gasteiger partial charge in [-0.05, 0) is 31.0 Å². The molecule has 1 fully saturated rings. The zero-order valence-electron chi connectivity index (χ0n) is 12.1. The normalized spacial score (nSPS) is 13.0. The van der Waals surface area contributed by atoms with Gasteiger partial charge in [-0.25, -0.2) is 0 Å². The molecule has 1 aromatic rings. The summed E-state index contributed by atoms with van der Waals surface area (Å²) >= 11 is 0. The van der Waals surface area contributed by atoms with Crippen molar-refractivity contribution in [1.29, 1.82) is 15.8 Å². The van der Waals surface area contributed by atoms with Crippen LogP contribution in [0.5, 0.6) is 0 Å². The van der Waals surface area contributed by atoms with Gasteiger partial charge >= 0.3 is 0 Å². The summed E-state index contributed by atoms with van der Waals surface area (Å²) in [4.78, 5) is 13.6. The van der Waals surface area contributed by atoms with E-state index in [2.05, 4.69) is 5.32 Å². The van der Waals surface area contributed by atoms with Gasteiger partial charge in [0.05, 0.1) is 0 Å². The minimum absolute atomic E-state index is 0.0750. The second-order valence-corrected chi connectivity index (χ2v) is 4.86. The Balaban J connectivity index is 2.37. The van der Waals surface area contributed by atoms with E-state index in [1.165, 1.54) is 0 Å². The molecule has 1 aliphatic heterocycles. The van der Waals surface area contributed by atoms with Crippen molar-refractivity contribution in [2.24, 2.45) is 0 Å². The number of aryl methyl sites for hydroxylation is 1. The molecule has 0 aliphatic carbocycles. The molecule has 0 spiro atoms. The van der Waals surface area contributed by atoms with Gasteiger partial charge in [0, 0.05) is 24.3 Å². The van der Waals surface area contributed by atoms with E-state index in [-0.39, 0.29) is 17.2 Å². The molecule has 0 aromatic heterocycles. The lowest BCUT2D eigenvalue weighted by molar-refractivity contribution is -0.117. The van der Waals surface area contributed by atoms with Crippen molar-refractivity contribution in [1.82, 2.24) is 0 Å². The number of nitrogens with zero attached hydrogens (tertiary/aromatic N) is 4. The lowest BCUT2D eigenvalue weighted by Crippen LogP contribution is -2.24. The first kappa shape index (κ1) is 15.1. The summed E-state index contributed by atoms with van der Waals surface area (Å²) in [6.45, 7) is 2.58. The van der Waals surface area contributed by atoms with E-state index in [4.69, 9.17) is 15.8 Å². The van der Waals surface area contributed by atoms with E-state index in [9.17, 15) is 4.79 Å². The molecule has 0 atom stereocenters.